The first-order chi connectivity index (χ1) is 10.6. The van der Waals surface area contributed by atoms with Crippen LogP contribution in [0.2, 0.25) is 0 Å². The van der Waals surface area contributed by atoms with Crippen LogP contribution in [0.1, 0.15) is 21.5 Å². The van der Waals surface area contributed by atoms with Crippen molar-refractivity contribution in [2.24, 2.45) is 0 Å². The van der Waals surface area contributed by atoms with Gasteiger partial charge in [0.25, 0.3) is 17.5 Å². The Labute approximate surface area is 125 Å². The summed E-state index contributed by atoms with van der Waals surface area (Å²) < 4.78 is 0. The van der Waals surface area contributed by atoms with E-state index in [4.69, 9.17) is 0 Å². The molecule has 0 radical (unpaired) electrons. The molecular formula is C16H10N2O4. The lowest BCUT2D eigenvalue weighted by molar-refractivity contribution is -0.384. The summed E-state index contributed by atoms with van der Waals surface area (Å²) in [5.41, 5.74) is 1.94. The van der Waals surface area contributed by atoms with Crippen molar-refractivity contribution in [1.82, 2.24) is 5.32 Å². The number of nitro groups is 1. The molecule has 1 heterocycles. The lowest BCUT2D eigenvalue weighted by Crippen LogP contribution is -2.36. The Morgan fingerprint density at radius 2 is 1.55 bits per heavy atom. The molecule has 1 aliphatic rings. The van der Waals surface area contributed by atoms with Crippen molar-refractivity contribution in [3.63, 3.8) is 0 Å². The molecule has 1 N–H and O–H groups in total. The van der Waals surface area contributed by atoms with E-state index in [0.29, 0.717) is 22.3 Å². The molecule has 0 atom stereocenters. The lowest BCUT2D eigenvalue weighted by atomic mass is 9.93. The molecule has 0 spiro atoms. The molecule has 22 heavy (non-hydrogen) atoms. The molecule has 6 nitrogen and oxygen atoms in total. The lowest BCUT2D eigenvalue weighted by Gasteiger charge is -2.17. The van der Waals surface area contributed by atoms with Crippen molar-refractivity contribution in [1.29, 1.82) is 0 Å². The summed E-state index contributed by atoms with van der Waals surface area (Å²) in [5, 5.41) is 12.9. The van der Waals surface area contributed by atoms with E-state index in [9.17, 15) is 19.7 Å². The minimum Gasteiger partial charge on any atom is -0.288 e. The number of fused-ring (bicyclic) bond motifs is 1. The zero-order chi connectivity index (χ0) is 15.7. The van der Waals surface area contributed by atoms with Crippen molar-refractivity contribution in [2.45, 2.75) is 0 Å². The van der Waals surface area contributed by atoms with Crippen LogP contribution in [-0.2, 0) is 4.79 Å². The van der Waals surface area contributed by atoms with Gasteiger partial charge in [-0.05, 0) is 35.4 Å². The highest BCUT2D eigenvalue weighted by Crippen LogP contribution is 2.26. The van der Waals surface area contributed by atoms with Crippen LogP contribution in [-0.4, -0.2) is 16.7 Å². The first kappa shape index (κ1) is 13.7. The largest absolute Gasteiger partial charge is 0.288 e. The van der Waals surface area contributed by atoms with Gasteiger partial charge in [0.05, 0.1) is 4.92 Å². The third kappa shape index (κ3) is 2.37. The maximum atomic E-state index is 12.0. The van der Waals surface area contributed by atoms with Crippen LogP contribution < -0.4 is 5.32 Å². The molecule has 108 valence electrons. The zero-order valence-electron chi connectivity index (χ0n) is 11.3. The van der Waals surface area contributed by atoms with E-state index in [1.54, 1.807) is 42.5 Å². The van der Waals surface area contributed by atoms with E-state index in [0.717, 1.165) is 0 Å². The van der Waals surface area contributed by atoms with Crippen LogP contribution >= 0.6 is 0 Å². The van der Waals surface area contributed by atoms with Gasteiger partial charge in [0.2, 0.25) is 0 Å². The van der Waals surface area contributed by atoms with Gasteiger partial charge in [0, 0.05) is 23.3 Å². The highest BCUT2D eigenvalue weighted by molar-refractivity contribution is 6.33. The number of nitrogens with zero attached hydrogens (tertiary/aromatic N) is 1. The average Bonchev–Trinajstić information content (AvgIpc) is 2.52. The van der Waals surface area contributed by atoms with Gasteiger partial charge in [-0.25, -0.2) is 0 Å². The van der Waals surface area contributed by atoms with Crippen molar-refractivity contribution in [3.8, 4) is 0 Å². The number of amides is 2. The Morgan fingerprint density at radius 3 is 2.18 bits per heavy atom. The molecule has 6 heteroatoms. The minimum absolute atomic E-state index is 0.0224. The number of carbonyl (C=O) groups excluding carboxylic acids is 2. The Bertz CT molecular complexity index is 822. The number of imide groups is 1. The van der Waals surface area contributed by atoms with E-state index >= 15 is 0 Å². The molecule has 2 aromatic rings. The number of nitro benzene ring substituents is 1. The number of non-ortho nitro benzene ring substituents is 1. The molecule has 2 amide bonds. The summed E-state index contributed by atoms with van der Waals surface area (Å²) in [6, 6.07) is 12.6. The molecular weight excluding hydrogens is 284 g/mol. The highest BCUT2D eigenvalue weighted by Gasteiger charge is 2.26. The first-order valence-electron chi connectivity index (χ1n) is 6.47. The van der Waals surface area contributed by atoms with Gasteiger partial charge < -0.3 is 0 Å². The highest BCUT2D eigenvalue weighted by atomic mass is 16.6. The van der Waals surface area contributed by atoms with Gasteiger partial charge in [0.1, 0.15) is 0 Å². The fourth-order valence-electron chi connectivity index (χ4n) is 2.28. The molecule has 0 saturated heterocycles. The Morgan fingerprint density at radius 1 is 0.909 bits per heavy atom. The number of hydrogen-bond acceptors (Lipinski definition) is 4. The monoisotopic (exact) mass is 294 g/mol. The molecule has 3 rings (SSSR count). The number of rotatable bonds is 2. The minimum atomic E-state index is -0.488. The summed E-state index contributed by atoms with van der Waals surface area (Å²) in [4.78, 5) is 34.0. The van der Waals surface area contributed by atoms with Gasteiger partial charge >= 0.3 is 0 Å². The van der Waals surface area contributed by atoms with Crippen LogP contribution in [0.5, 0.6) is 0 Å². The van der Waals surface area contributed by atoms with E-state index in [2.05, 4.69) is 5.32 Å². The maximum absolute atomic E-state index is 12.0. The third-order valence-corrected chi connectivity index (χ3v) is 3.35. The van der Waals surface area contributed by atoms with Crippen molar-refractivity contribution < 1.29 is 14.5 Å². The van der Waals surface area contributed by atoms with E-state index in [-0.39, 0.29) is 5.69 Å². The van der Waals surface area contributed by atoms with Crippen molar-refractivity contribution in [2.75, 3.05) is 0 Å². The van der Waals surface area contributed by atoms with Crippen LogP contribution in [0.25, 0.3) is 11.6 Å². The van der Waals surface area contributed by atoms with Crippen molar-refractivity contribution in [3.05, 3.63) is 75.3 Å². The van der Waals surface area contributed by atoms with Gasteiger partial charge in [-0.1, -0.05) is 18.2 Å². The van der Waals surface area contributed by atoms with E-state index < -0.39 is 16.7 Å². The molecule has 0 aliphatic carbocycles. The van der Waals surface area contributed by atoms with Gasteiger partial charge in [0.15, 0.2) is 0 Å². The van der Waals surface area contributed by atoms with Gasteiger partial charge in [-0.15, -0.1) is 0 Å². The number of nitrogens with one attached hydrogen (secondary N) is 1. The standard InChI is InChI=1S/C16H10N2O4/c19-15-13-4-2-1-3-12(13)14(16(20)17-15)9-10-5-7-11(8-6-10)18(21)22/h1-9H,(H,17,19,20). The topological polar surface area (TPSA) is 89.3 Å². The summed E-state index contributed by atoms with van der Waals surface area (Å²) in [7, 11) is 0. The van der Waals surface area contributed by atoms with Crippen molar-refractivity contribution >= 4 is 29.2 Å². The predicted molar refractivity (Wildman–Crippen MR) is 79.9 cm³/mol. The number of benzene rings is 2. The summed E-state index contributed by atoms with van der Waals surface area (Å²) in [5.74, 6) is -0.913. The Kier molecular flexibility index (Phi) is 3.27. The van der Waals surface area contributed by atoms with Gasteiger partial charge in [-0.2, -0.15) is 0 Å². The van der Waals surface area contributed by atoms with Crippen LogP contribution in [0.15, 0.2) is 48.5 Å². The quantitative estimate of drug-likeness (QED) is 0.398. The second kappa shape index (κ2) is 5.25. The van der Waals surface area contributed by atoms with Crippen LogP contribution in [0, 0.1) is 10.1 Å². The molecule has 2 aromatic carbocycles. The van der Waals surface area contributed by atoms with Gasteiger partial charge in [-0.3, -0.25) is 25.0 Å². The summed E-state index contributed by atoms with van der Waals surface area (Å²) in [6.45, 7) is 0. The third-order valence-electron chi connectivity index (χ3n) is 3.35. The number of carbonyl (C=O) groups is 2. The zero-order valence-corrected chi connectivity index (χ0v) is 11.3. The SMILES string of the molecule is O=C1NC(=O)c2ccccc2C1=Cc1ccc([N+](=O)[O-])cc1. The fourth-order valence-corrected chi connectivity index (χ4v) is 2.28. The Hall–Kier alpha value is -3.28. The van der Waals surface area contributed by atoms with E-state index in [1.165, 1.54) is 12.1 Å². The second-order valence-corrected chi connectivity index (χ2v) is 4.74. The predicted octanol–water partition coefficient (Wildman–Crippen LogP) is 2.41. The van der Waals surface area contributed by atoms with Crippen LogP contribution in [0.4, 0.5) is 5.69 Å². The molecule has 1 aliphatic heterocycles. The molecule has 0 fully saturated rings. The maximum Gasteiger partial charge on any atom is 0.269 e. The number of hydrogen-bond donors (Lipinski definition) is 1. The Balaban J connectivity index is 2.06. The fraction of sp³-hybridized carbons (Fsp3) is 0. The summed E-state index contributed by atoms with van der Waals surface area (Å²) in [6.07, 6.45) is 1.60. The molecule has 0 saturated carbocycles. The molecule has 0 unspecified atom stereocenters. The van der Waals surface area contributed by atoms with E-state index in [1.807, 2.05) is 0 Å². The average molecular weight is 294 g/mol. The molecule has 0 bridgehead atoms. The first-order valence-corrected chi connectivity index (χ1v) is 6.47. The van der Waals surface area contributed by atoms with Crippen LogP contribution in [0.3, 0.4) is 0 Å². The summed E-state index contributed by atoms with van der Waals surface area (Å²) >= 11 is 0. The second-order valence-electron chi connectivity index (χ2n) is 4.74. The smallest absolute Gasteiger partial charge is 0.269 e. The molecule has 0 aromatic heterocycles. The normalized spacial score (nSPS) is 15.4.